The lowest BCUT2D eigenvalue weighted by Gasteiger charge is -2.24. The number of carbonyl (C=O) groups excluding carboxylic acids is 3. The number of carbonyl (C=O) groups is 3. The summed E-state index contributed by atoms with van der Waals surface area (Å²) in [5, 5.41) is 2.15. The molecule has 0 fully saturated rings. The number of hydrogen-bond acceptors (Lipinski definition) is 5. The van der Waals surface area contributed by atoms with Crippen molar-refractivity contribution in [2.24, 2.45) is 0 Å². The van der Waals surface area contributed by atoms with Crippen LogP contribution in [0.2, 0.25) is 0 Å². The van der Waals surface area contributed by atoms with Crippen molar-refractivity contribution in [2.75, 3.05) is 32.0 Å². The SMILES string of the molecule is CCN(CC(=O)Nc1ccccc1C(F)(F)F)C(=O)CN(C)S(=O)(=O)c1ccc(C(C)=O)cc1. The van der Waals surface area contributed by atoms with Gasteiger partial charge in [-0.3, -0.25) is 14.4 Å². The van der Waals surface area contributed by atoms with Gasteiger partial charge in [-0.2, -0.15) is 17.5 Å². The molecule has 0 atom stereocenters. The first-order chi connectivity index (χ1) is 15.8. The molecule has 2 amide bonds. The summed E-state index contributed by atoms with van der Waals surface area (Å²) in [4.78, 5) is 37.2. The second kappa shape index (κ2) is 10.8. The molecule has 0 saturated carbocycles. The van der Waals surface area contributed by atoms with Gasteiger partial charge in [0.25, 0.3) is 0 Å². The lowest BCUT2D eigenvalue weighted by atomic mass is 10.1. The Labute approximate surface area is 195 Å². The Bertz CT molecular complexity index is 1170. The maximum Gasteiger partial charge on any atom is 0.418 e. The molecule has 12 heteroatoms. The molecule has 2 aromatic rings. The fourth-order valence-electron chi connectivity index (χ4n) is 3.00. The number of ketones is 1. The molecule has 0 aliphatic rings. The predicted octanol–water partition coefficient (Wildman–Crippen LogP) is 3.02. The van der Waals surface area contributed by atoms with E-state index in [0.717, 1.165) is 21.3 Å². The van der Waals surface area contributed by atoms with E-state index in [9.17, 15) is 36.0 Å². The topological polar surface area (TPSA) is 104 Å². The fourth-order valence-corrected chi connectivity index (χ4v) is 4.12. The van der Waals surface area contributed by atoms with Gasteiger partial charge in [-0.1, -0.05) is 24.3 Å². The molecule has 0 aliphatic heterocycles. The predicted molar refractivity (Wildman–Crippen MR) is 119 cm³/mol. The molecular formula is C22H24F3N3O5S. The van der Waals surface area contributed by atoms with E-state index >= 15 is 0 Å². The van der Waals surface area contributed by atoms with Crippen LogP contribution in [-0.4, -0.2) is 61.9 Å². The van der Waals surface area contributed by atoms with Gasteiger partial charge in [0.2, 0.25) is 21.8 Å². The van der Waals surface area contributed by atoms with Crippen molar-refractivity contribution in [3.8, 4) is 0 Å². The van der Waals surface area contributed by atoms with E-state index in [1.165, 1.54) is 50.4 Å². The summed E-state index contributed by atoms with van der Waals surface area (Å²) in [6.07, 6.45) is -4.68. The van der Waals surface area contributed by atoms with Crippen LogP contribution in [0.5, 0.6) is 0 Å². The van der Waals surface area contributed by atoms with Gasteiger partial charge < -0.3 is 10.2 Å². The maximum absolute atomic E-state index is 13.1. The first-order valence-corrected chi connectivity index (χ1v) is 11.5. The van der Waals surface area contributed by atoms with Crippen LogP contribution < -0.4 is 5.32 Å². The van der Waals surface area contributed by atoms with Gasteiger partial charge in [0.05, 0.1) is 29.2 Å². The lowest BCUT2D eigenvalue weighted by Crippen LogP contribution is -2.44. The Morgan fingerprint density at radius 1 is 0.971 bits per heavy atom. The number of anilines is 1. The number of nitrogens with zero attached hydrogens (tertiary/aromatic N) is 2. The standard InChI is InChI=1S/C22H24F3N3O5S/c1-4-28(13-20(30)26-19-8-6-5-7-18(19)22(23,24)25)21(31)14-27(3)34(32,33)17-11-9-16(10-12-17)15(2)29/h5-12H,4,13-14H2,1-3H3,(H,26,30). The van der Waals surface area contributed by atoms with Crippen molar-refractivity contribution in [1.82, 2.24) is 9.21 Å². The zero-order valence-corrected chi connectivity index (χ0v) is 19.5. The minimum absolute atomic E-state index is 0.0222. The zero-order valence-electron chi connectivity index (χ0n) is 18.7. The molecule has 2 rings (SSSR count). The molecule has 0 saturated heterocycles. The minimum atomic E-state index is -4.68. The number of amides is 2. The molecule has 0 bridgehead atoms. The zero-order chi connectivity index (χ0) is 25.7. The summed E-state index contributed by atoms with van der Waals surface area (Å²) < 4.78 is 65.6. The highest BCUT2D eigenvalue weighted by Crippen LogP contribution is 2.34. The molecular weight excluding hydrogens is 475 g/mol. The molecule has 0 radical (unpaired) electrons. The molecule has 0 heterocycles. The van der Waals surface area contributed by atoms with E-state index in [0.29, 0.717) is 5.56 Å². The maximum atomic E-state index is 13.1. The van der Waals surface area contributed by atoms with E-state index in [1.807, 2.05) is 0 Å². The van der Waals surface area contributed by atoms with Crippen molar-refractivity contribution in [3.63, 3.8) is 0 Å². The molecule has 0 aliphatic carbocycles. The highest BCUT2D eigenvalue weighted by molar-refractivity contribution is 7.89. The van der Waals surface area contributed by atoms with Gasteiger partial charge in [-0.05, 0) is 38.1 Å². The second-order valence-corrected chi connectivity index (χ2v) is 9.39. The van der Waals surface area contributed by atoms with Gasteiger partial charge in [0, 0.05) is 19.2 Å². The number of para-hydroxylation sites is 1. The van der Waals surface area contributed by atoms with Crippen LogP contribution in [0.25, 0.3) is 0 Å². The molecule has 34 heavy (non-hydrogen) atoms. The van der Waals surface area contributed by atoms with Crippen molar-refractivity contribution in [3.05, 3.63) is 59.7 Å². The van der Waals surface area contributed by atoms with Crippen LogP contribution in [0, 0.1) is 0 Å². The Hall–Kier alpha value is -3.25. The average molecular weight is 500 g/mol. The number of rotatable bonds is 9. The smallest absolute Gasteiger partial charge is 0.333 e. The van der Waals surface area contributed by atoms with Crippen molar-refractivity contribution >= 4 is 33.3 Å². The number of alkyl halides is 3. The third-order valence-corrected chi connectivity index (χ3v) is 6.72. The van der Waals surface area contributed by atoms with Gasteiger partial charge in [-0.25, -0.2) is 8.42 Å². The normalized spacial score (nSPS) is 11.9. The molecule has 2 aromatic carbocycles. The van der Waals surface area contributed by atoms with Gasteiger partial charge in [-0.15, -0.1) is 0 Å². The minimum Gasteiger partial charge on any atom is -0.333 e. The van der Waals surface area contributed by atoms with Crippen molar-refractivity contribution < 1.29 is 36.0 Å². The summed E-state index contributed by atoms with van der Waals surface area (Å²) in [5.41, 5.74) is -1.15. The number of hydrogen-bond donors (Lipinski definition) is 1. The summed E-state index contributed by atoms with van der Waals surface area (Å²) in [7, 11) is -2.89. The molecule has 8 nitrogen and oxygen atoms in total. The molecule has 184 valence electrons. The van der Waals surface area contributed by atoms with Crippen LogP contribution in [-0.2, 0) is 25.8 Å². The molecule has 1 N–H and O–H groups in total. The molecule has 0 spiro atoms. The fraction of sp³-hybridized carbons (Fsp3) is 0.318. The van der Waals surface area contributed by atoms with E-state index < -0.39 is 52.4 Å². The first kappa shape index (κ1) is 27.0. The summed E-state index contributed by atoms with van der Waals surface area (Å²) in [5.74, 6) is -1.81. The average Bonchev–Trinajstić information content (AvgIpc) is 2.76. The van der Waals surface area contributed by atoms with Crippen LogP contribution in [0.1, 0.15) is 29.8 Å². The summed E-state index contributed by atoms with van der Waals surface area (Å²) >= 11 is 0. The van der Waals surface area contributed by atoms with Gasteiger partial charge >= 0.3 is 6.18 Å². The van der Waals surface area contributed by atoms with E-state index in [1.54, 1.807) is 6.92 Å². The van der Waals surface area contributed by atoms with E-state index in [4.69, 9.17) is 0 Å². The quantitative estimate of drug-likeness (QED) is 0.535. The number of nitrogens with one attached hydrogen (secondary N) is 1. The van der Waals surface area contributed by atoms with E-state index in [2.05, 4.69) is 5.32 Å². The van der Waals surface area contributed by atoms with E-state index in [-0.39, 0.29) is 17.2 Å². The van der Waals surface area contributed by atoms with Gasteiger partial charge in [0.15, 0.2) is 5.78 Å². The summed E-state index contributed by atoms with van der Waals surface area (Å²) in [6.45, 7) is 1.74. The third kappa shape index (κ3) is 6.64. The Balaban J connectivity index is 2.08. The van der Waals surface area contributed by atoms with Crippen LogP contribution in [0.3, 0.4) is 0 Å². The third-order valence-electron chi connectivity index (χ3n) is 4.90. The number of sulfonamides is 1. The molecule has 0 aromatic heterocycles. The first-order valence-electron chi connectivity index (χ1n) is 10.1. The highest BCUT2D eigenvalue weighted by atomic mass is 32.2. The van der Waals surface area contributed by atoms with Crippen LogP contribution in [0.15, 0.2) is 53.4 Å². The lowest BCUT2D eigenvalue weighted by molar-refractivity contribution is -0.137. The van der Waals surface area contributed by atoms with Gasteiger partial charge in [0.1, 0.15) is 0 Å². The van der Waals surface area contributed by atoms with Crippen molar-refractivity contribution in [2.45, 2.75) is 24.9 Å². The number of likely N-dealkylation sites (N-methyl/N-ethyl adjacent to an activating group) is 2. The number of benzene rings is 2. The van der Waals surface area contributed by atoms with Crippen LogP contribution in [0.4, 0.5) is 18.9 Å². The Morgan fingerprint density at radius 2 is 1.56 bits per heavy atom. The second-order valence-electron chi connectivity index (χ2n) is 7.34. The highest BCUT2D eigenvalue weighted by Gasteiger charge is 2.34. The molecule has 0 unspecified atom stereocenters. The monoisotopic (exact) mass is 499 g/mol. The largest absolute Gasteiger partial charge is 0.418 e. The van der Waals surface area contributed by atoms with Crippen molar-refractivity contribution in [1.29, 1.82) is 0 Å². The number of halogens is 3. The number of Topliss-reactive ketones (excluding diaryl/α,β-unsaturated/α-hetero) is 1. The Kier molecular flexibility index (Phi) is 8.56. The Morgan fingerprint density at radius 3 is 2.09 bits per heavy atom. The van der Waals surface area contributed by atoms with Crippen LogP contribution >= 0.6 is 0 Å². The summed E-state index contributed by atoms with van der Waals surface area (Å²) in [6, 6.07) is 9.63.